The molecule has 3 heterocycles. The zero-order valence-corrected chi connectivity index (χ0v) is 16.1. The summed E-state index contributed by atoms with van der Waals surface area (Å²) in [5, 5.41) is 12.8. The molecule has 4 rings (SSSR count). The Morgan fingerprint density at radius 2 is 1.96 bits per heavy atom. The minimum atomic E-state index is -1.62. The molecule has 0 radical (unpaired) electrons. The third kappa shape index (κ3) is 2.73. The number of anilines is 1. The van der Waals surface area contributed by atoms with Gasteiger partial charge < -0.3 is 19.5 Å². The number of esters is 2. The molecule has 1 amide bonds. The van der Waals surface area contributed by atoms with Gasteiger partial charge in [-0.1, -0.05) is 6.92 Å². The van der Waals surface area contributed by atoms with E-state index in [1.54, 1.807) is 24.0 Å². The summed E-state index contributed by atoms with van der Waals surface area (Å²) < 4.78 is 10.5. The van der Waals surface area contributed by atoms with Crippen LogP contribution in [-0.4, -0.2) is 52.3 Å². The van der Waals surface area contributed by atoms with E-state index in [1.165, 1.54) is 25.8 Å². The summed E-state index contributed by atoms with van der Waals surface area (Å²) in [5.41, 5.74) is 1.85. The summed E-state index contributed by atoms with van der Waals surface area (Å²) in [7, 11) is 0. The van der Waals surface area contributed by atoms with Crippen LogP contribution >= 0.6 is 0 Å². The third-order valence-corrected chi connectivity index (χ3v) is 5.53. The van der Waals surface area contributed by atoms with Crippen LogP contribution in [-0.2, 0) is 30.6 Å². The Morgan fingerprint density at radius 1 is 1.25 bits per heavy atom. The summed E-state index contributed by atoms with van der Waals surface area (Å²) in [6.07, 6.45) is 0. The monoisotopic (exact) mass is 390 g/mol. The van der Waals surface area contributed by atoms with Crippen LogP contribution in [0.1, 0.15) is 44.7 Å². The third-order valence-electron chi connectivity index (χ3n) is 5.53. The van der Waals surface area contributed by atoms with Gasteiger partial charge in [0.2, 0.25) is 11.7 Å². The van der Waals surface area contributed by atoms with Gasteiger partial charge >= 0.3 is 11.9 Å². The van der Waals surface area contributed by atoms with Crippen molar-refractivity contribution in [1.29, 1.82) is 0 Å². The van der Waals surface area contributed by atoms with Gasteiger partial charge in [-0.3, -0.25) is 14.4 Å². The molecule has 9 heteroatoms. The van der Waals surface area contributed by atoms with E-state index in [4.69, 9.17) is 14.3 Å². The average molecular weight is 390 g/mol. The smallest absolute Gasteiger partial charge is 0.308 e. The van der Waals surface area contributed by atoms with Gasteiger partial charge in [-0.2, -0.15) is 0 Å². The summed E-state index contributed by atoms with van der Waals surface area (Å²) in [6.45, 7) is 6.22. The quantitative estimate of drug-likeness (QED) is 0.460. The highest BCUT2D eigenvalue weighted by Gasteiger charge is 2.70. The van der Waals surface area contributed by atoms with Crippen LogP contribution in [0.2, 0.25) is 0 Å². The minimum absolute atomic E-state index is 0.00892. The molecule has 9 nitrogen and oxygen atoms in total. The van der Waals surface area contributed by atoms with Crippen molar-refractivity contribution < 1.29 is 33.8 Å². The van der Waals surface area contributed by atoms with E-state index >= 15 is 0 Å². The number of carbonyl (C=O) groups excluding carboxylic acids is 3. The summed E-state index contributed by atoms with van der Waals surface area (Å²) in [4.78, 5) is 42.2. The van der Waals surface area contributed by atoms with Crippen molar-refractivity contribution in [3.63, 3.8) is 0 Å². The molecule has 1 N–H and O–H groups in total. The van der Waals surface area contributed by atoms with Crippen molar-refractivity contribution >= 4 is 23.5 Å². The molecule has 0 aromatic heterocycles. The van der Waals surface area contributed by atoms with Crippen molar-refractivity contribution in [2.45, 2.75) is 58.1 Å². The van der Waals surface area contributed by atoms with E-state index < -0.39 is 29.7 Å². The second kappa shape index (κ2) is 6.18. The summed E-state index contributed by atoms with van der Waals surface area (Å²) in [6, 6.07) is 2.80. The van der Waals surface area contributed by atoms with Crippen molar-refractivity contribution in [3.05, 3.63) is 23.3 Å². The first-order valence-electron chi connectivity index (χ1n) is 9.10. The number of rotatable bonds is 3. The van der Waals surface area contributed by atoms with Gasteiger partial charge in [0.15, 0.2) is 0 Å². The molecule has 0 saturated carbocycles. The van der Waals surface area contributed by atoms with Gasteiger partial charge in [0, 0.05) is 32.3 Å². The Morgan fingerprint density at radius 3 is 2.57 bits per heavy atom. The fourth-order valence-electron chi connectivity index (χ4n) is 4.32. The van der Waals surface area contributed by atoms with E-state index in [2.05, 4.69) is 0 Å². The van der Waals surface area contributed by atoms with Crippen LogP contribution in [0.25, 0.3) is 0 Å². The molecule has 1 aromatic rings. The first kappa shape index (κ1) is 18.7. The second-order valence-corrected chi connectivity index (χ2v) is 7.47. The van der Waals surface area contributed by atoms with E-state index in [0.717, 1.165) is 0 Å². The Bertz CT molecular complexity index is 885. The fraction of sp³-hybridized carbons (Fsp3) is 0.526. The van der Waals surface area contributed by atoms with Gasteiger partial charge in [-0.15, -0.1) is 0 Å². The highest BCUT2D eigenvalue weighted by molar-refractivity contribution is 5.79. The molecule has 28 heavy (non-hydrogen) atoms. The van der Waals surface area contributed by atoms with Crippen molar-refractivity contribution in [2.24, 2.45) is 0 Å². The molecule has 2 saturated heterocycles. The zero-order valence-electron chi connectivity index (χ0n) is 16.1. The van der Waals surface area contributed by atoms with E-state index in [-0.39, 0.29) is 24.3 Å². The molecule has 1 aromatic carbocycles. The Hall–Kier alpha value is -2.65. The molecule has 4 atom stereocenters. The molecule has 2 fully saturated rings. The van der Waals surface area contributed by atoms with Crippen LogP contribution in [0.5, 0.6) is 5.75 Å². The standard InChI is InChI=1S/C19H22N2O7/c1-9-17-14(5-13(8-26-11(3)23)6-16(17)27-12(4)24)20-7-15-18(19(9,25)28-20)21(15)10(2)22/h5-6,9,15,18,25H,7-8H2,1-4H3. The first-order valence-corrected chi connectivity index (χ1v) is 9.10. The summed E-state index contributed by atoms with van der Waals surface area (Å²) >= 11 is 0. The van der Waals surface area contributed by atoms with E-state index in [0.29, 0.717) is 23.4 Å². The Labute approximate surface area is 161 Å². The van der Waals surface area contributed by atoms with Crippen LogP contribution in [0, 0.1) is 0 Å². The van der Waals surface area contributed by atoms with Crippen LogP contribution in [0.4, 0.5) is 5.69 Å². The molecule has 0 spiro atoms. The number of aliphatic hydroxyl groups is 1. The van der Waals surface area contributed by atoms with Crippen LogP contribution in [0.3, 0.4) is 0 Å². The lowest BCUT2D eigenvalue weighted by Gasteiger charge is -2.47. The van der Waals surface area contributed by atoms with Gasteiger partial charge in [-0.05, 0) is 17.7 Å². The van der Waals surface area contributed by atoms with Crippen molar-refractivity contribution in [1.82, 2.24) is 4.90 Å². The van der Waals surface area contributed by atoms with Gasteiger partial charge in [0.1, 0.15) is 18.4 Å². The summed E-state index contributed by atoms with van der Waals surface area (Å²) in [5.74, 6) is -2.97. The lowest BCUT2D eigenvalue weighted by atomic mass is 9.83. The minimum Gasteiger partial charge on any atom is -0.461 e. The van der Waals surface area contributed by atoms with Crippen LogP contribution < -0.4 is 9.80 Å². The molecular weight excluding hydrogens is 368 g/mol. The maximum atomic E-state index is 11.9. The van der Waals surface area contributed by atoms with Gasteiger partial charge in [0.25, 0.3) is 0 Å². The topological polar surface area (TPSA) is 105 Å². The maximum absolute atomic E-state index is 11.9. The molecule has 4 unspecified atom stereocenters. The highest BCUT2D eigenvalue weighted by Crippen LogP contribution is 2.56. The second-order valence-electron chi connectivity index (χ2n) is 7.47. The van der Waals surface area contributed by atoms with Gasteiger partial charge in [-0.25, -0.2) is 9.90 Å². The first-order chi connectivity index (χ1) is 13.1. The number of amides is 1. The lowest BCUT2D eigenvalue weighted by molar-refractivity contribution is -0.243. The Kier molecular flexibility index (Phi) is 4.13. The largest absolute Gasteiger partial charge is 0.461 e. The van der Waals surface area contributed by atoms with Gasteiger partial charge in [0.05, 0.1) is 18.3 Å². The number of hydroxylamine groups is 1. The molecule has 2 bridgehead atoms. The lowest BCUT2D eigenvalue weighted by Crippen LogP contribution is -2.58. The normalized spacial score (nSPS) is 29.5. The number of carbonyl (C=O) groups is 3. The molecular formula is C19H22N2O7. The number of hydrogen-bond acceptors (Lipinski definition) is 8. The van der Waals surface area contributed by atoms with Crippen molar-refractivity contribution in [2.75, 3.05) is 11.6 Å². The SMILES string of the molecule is CC(=O)OCc1cc(OC(C)=O)c2c(c1)N1CC3C(N3C(C)=O)C(O)(O1)C2C. The number of nitrogens with zero attached hydrogens (tertiary/aromatic N) is 2. The highest BCUT2D eigenvalue weighted by atomic mass is 16.8. The van der Waals surface area contributed by atoms with Crippen molar-refractivity contribution in [3.8, 4) is 5.75 Å². The fourth-order valence-corrected chi connectivity index (χ4v) is 4.32. The average Bonchev–Trinajstić information content (AvgIpc) is 3.33. The van der Waals surface area contributed by atoms with E-state index in [9.17, 15) is 19.5 Å². The zero-order chi connectivity index (χ0) is 20.4. The molecule has 150 valence electrons. The molecule has 3 aliphatic heterocycles. The Balaban J connectivity index is 1.79. The predicted octanol–water partition coefficient (Wildman–Crippen LogP) is 0.832. The number of fused-ring (bicyclic) bond motifs is 6. The number of ether oxygens (including phenoxy) is 2. The predicted molar refractivity (Wildman–Crippen MR) is 95.1 cm³/mol. The molecule has 0 aliphatic carbocycles. The van der Waals surface area contributed by atoms with E-state index in [1.807, 2.05) is 0 Å². The maximum Gasteiger partial charge on any atom is 0.308 e. The number of benzene rings is 1. The van der Waals surface area contributed by atoms with Crippen LogP contribution in [0.15, 0.2) is 12.1 Å². The molecule has 3 aliphatic rings. The number of hydrogen-bond donors (Lipinski definition) is 1.